The lowest BCUT2D eigenvalue weighted by atomic mass is 9.96. The molecule has 1 saturated carbocycles. The van der Waals surface area contributed by atoms with Gasteiger partial charge < -0.3 is 5.32 Å². The molecule has 0 bridgehead atoms. The molecule has 2 rings (SSSR count). The van der Waals surface area contributed by atoms with Crippen molar-refractivity contribution >= 4 is 26.0 Å². The maximum atomic E-state index is 12.5. The minimum absolute atomic E-state index is 0.0806. The summed E-state index contributed by atoms with van der Waals surface area (Å²) in [5.41, 5.74) is 1.07. The summed E-state index contributed by atoms with van der Waals surface area (Å²) in [7, 11) is -3.45. The van der Waals surface area contributed by atoms with E-state index in [1.54, 1.807) is 6.07 Å². The molecule has 118 valence electrons. The van der Waals surface area contributed by atoms with E-state index in [9.17, 15) is 8.42 Å². The maximum Gasteiger partial charge on any atom is 0.241 e. The summed E-state index contributed by atoms with van der Waals surface area (Å²) in [6.07, 6.45) is 5.30. The Morgan fingerprint density at radius 2 is 1.95 bits per heavy atom. The average molecular weight is 375 g/mol. The molecule has 0 unspecified atom stereocenters. The Kier molecular flexibility index (Phi) is 6.22. The molecule has 1 aliphatic rings. The maximum absolute atomic E-state index is 12.5. The summed E-state index contributed by atoms with van der Waals surface area (Å²) in [5.74, 6) is 0. The van der Waals surface area contributed by atoms with Gasteiger partial charge in [0.1, 0.15) is 0 Å². The van der Waals surface area contributed by atoms with Gasteiger partial charge >= 0.3 is 0 Å². The molecule has 0 amide bonds. The van der Waals surface area contributed by atoms with E-state index in [2.05, 4.69) is 26.0 Å². The minimum Gasteiger partial charge on any atom is -0.313 e. The Bertz CT molecular complexity index is 569. The van der Waals surface area contributed by atoms with Crippen LogP contribution in [0.3, 0.4) is 0 Å². The lowest BCUT2D eigenvalue weighted by Gasteiger charge is -2.23. The Hall–Kier alpha value is -0.430. The highest BCUT2D eigenvalue weighted by molar-refractivity contribution is 9.10. The lowest BCUT2D eigenvalue weighted by molar-refractivity contribution is 0.412. The number of benzene rings is 1. The van der Waals surface area contributed by atoms with E-state index in [0.29, 0.717) is 9.37 Å². The summed E-state index contributed by atoms with van der Waals surface area (Å²) >= 11 is 3.39. The van der Waals surface area contributed by atoms with Gasteiger partial charge in [0, 0.05) is 17.1 Å². The van der Waals surface area contributed by atoms with E-state index in [1.165, 1.54) is 6.42 Å². The Morgan fingerprint density at radius 1 is 1.24 bits per heavy atom. The molecule has 0 aromatic heterocycles. The van der Waals surface area contributed by atoms with Gasteiger partial charge in [-0.15, -0.1) is 0 Å². The van der Waals surface area contributed by atoms with Crippen molar-refractivity contribution < 1.29 is 8.42 Å². The average Bonchev–Trinajstić information content (AvgIpc) is 2.45. The van der Waals surface area contributed by atoms with Gasteiger partial charge in [-0.1, -0.05) is 32.3 Å². The van der Waals surface area contributed by atoms with E-state index < -0.39 is 10.0 Å². The van der Waals surface area contributed by atoms with Gasteiger partial charge in [-0.05, 0) is 53.0 Å². The van der Waals surface area contributed by atoms with Crippen LogP contribution in [0.25, 0.3) is 0 Å². The normalized spacial score (nSPS) is 17.0. The first-order chi connectivity index (χ1) is 10.0. The first kappa shape index (κ1) is 16.9. The highest BCUT2D eigenvalue weighted by Crippen LogP contribution is 2.25. The first-order valence-corrected chi connectivity index (χ1v) is 9.82. The van der Waals surface area contributed by atoms with E-state index in [1.807, 2.05) is 19.1 Å². The highest BCUT2D eigenvalue weighted by atomic mass is 79.9. The molecule has 1 aromatic rings. The fourth-order valence-corrected chi connectivity index (χ4v) is 5.07. The van der Waals surface area contributed by atoms with Crippen molar-refractivity contribution in [2.45, 2.75) is 56.5 Å². The first-order valence-electron chi connectivity index (χ1n) is 7.54. The molecule has 2 N–H and O–H groups in total. The van der Waals surface area contributed by atoms with Gasteiger partial charge in [0.05, 0.1) is 4.90 Å². The molecule has 1 aromatic carbocycles. The SMILES string of the molecule is CCNCc1ccc(S(=O)(=O)NC2CCCCC2)c(Br)c1. The second kappa shape index (κ2) is 7.72. The molecule has 6 heteroatoms. The predicted molar refractivity (Wildman–Crippen MR) is 88.7 cm³/mol. The zero-order chi connectivity index (χ0) is 15.3. The molecule has 21 heavy (non-hydrogen) atoms. The number of nitrogens with one attached hydrogen (secondary N) is 2. The van der Waals surface area contributed by atoms with E-state index in [-0.39, 0.29) is 6.04 Å². The fourth-order valence-electron chi connectivity index (χ4n) is 2.64. The molecular formula is C15H23BrN2O2S. The van der Waals surface area contributed by atoms with Crippen LogP contribution in [-0.2, 0) is 16.6 Å². The van der Waals surface area contributed by atoms with Gasteiger partial charge in [-0.2, -0.15) is 0 Å². The number of sulfonamides is 1. The van der Waals surface area contributed by atoms with Crippen molar-refractivity contribution in [2.24, 2.45) is 0 Å². The van der Waals surface area contributed by atoms with Crippen molar-refractivity contribution in [3.8, 4) is 0 Å². The van der Waals surface area contributed by atoms with Crippen molar-refractivity contribution in [1.82, 2.24) is 10.0 Å². The molecular weight excluding hydrogens is 352 g/mol. The predicted octanol–water partition coefficient (Wildman–Crippen LogP) is 3.17. The molecule has 0 saturated heterocycles. The summed E-state index contributed by atoms with van der Waals surface area (Å²) in [4.78, 5) is 0.327. The largest absolute Gasteiger partial charge is 0.313 e. The van der Waals surface area contributed by atoms with Crippen LogP contribution < -0.4 is 10.0 Å². The molecule has 4 nitrogen and oxygen atoms in total. The molecule has 0 heterocycles. The third-order valence-electron chi connectivity index (χ3n) is 3.79. The molecule has 0 radical (unpaired) electrons. The van der Waals surface area contributed by atoms with E-state index in [4.69, 9.17) is 0 Å². The van der Waals surface area contributed by atoms with Crippen LogP contribution in [-0.4, -0.2) is 21.0 Å². The van der Waals surface area contributed by atoms with Crippen LogP contribution in [0.1, 0.15) is 44.6 Å². The van der Waals surface area contributed by atoms with Crippen LogP contribution in [0.5, 0.6) is 0 Å². The number of rotatable bonds is 6. The monoisotopic (exact) mass is 374 g/mol. The third-order valence-corrected chi connectivity index (χ3v) is 6.29. The minimum atomic E-state index is -3.45. The third kappa shape index (κ3) is 4.77. The van der Waals surface area contributed by atoms with Crippen LogP contribution in [0.4, 0.5) is 0 Å². The van der Waals surface area contributed by atoms with Gasteiger partial charge in [0.25, 0.3) is 0 Å². The van der Waals surface area contributed by atoms with Crippen LogP contribution >= 0.6 is 15.9 Å². The zero-order valence-electron chi connectivity index (χ0n) is 12.4. The van der Waals surface area contributed by atoms with Gasteiger partial charge in [-0.3, -0.25) is 0 Å². The van der Waals surface area contributed by atoms with Crippen molar-refractivity contribution in [3.05, 3.63) is 28.2 Å². The number of hydrogen-bond acceptors (Lipinski definition) is 3. The summed E-state index contributed by atoms with van der Waals surface area (Å²) in [6.45, 7) is 3.67. The number of halogens is 1. The quantitative estimate of drug-likeness (QED) is 0.803. The van der Waals surface area contributed by atoms with Gasteiger partial charge in [0.2, 0.25) is 10.0 Å². The van der Waals surface area contributed by atoms with Crippen LogP contribution in [0.15, 0.2) is 27.6 Å². The van der Waals surface area contributed by atoms with Gasteiger partial charge in [0.15, 0.2) is 0 Å². The summed E-state index contributed by atoms with van der Waals surface area (Å²) in [6, 6.07) is 5.50. The summed E-state index contributed by atoms with van der Waals surface area (Å²) < 4.78 is 28.4. The van der Waals surface area contributed by atoms with Gasteiger partial charge in [-0.25, -0.2) is 13.1 Å². The zero-order valence-corrected chi connectivity index (χ0v) is 14.8. The molecule has 1 fully saturated rings. The standard InChI is InChI=1S/C15H23BrN2O2S/c1-2-17-11-12-8-9-15(14(16)10-12)21(19,20)18-13-6-4-3-5-7-13/h8-10,13,17-18H,2-7,11H2,1H3. The Balaban J connectivity index is 2.11. The Labute approximate surface area is 135 Å². The van der Waals surface area contributed by atoms with Crippen LogP contribution in [0.2, 0.25) is 0 Å². The van der Waals surface area contributed by atoms with E-state index in [0.717, 1.165) is 44.3 Å². The smallest absolute Gasteiger partial charge is 0.241 e. The second-order valence-corrected chi connectivity index (χ2v) is 8.04. The van der Waals surface area contributed by atoms with Crippen molar-refractivity contribution in [2.75, 3.05) is 6.54 Å². The van der Waals surface area contributed by atoms with E-state index >= 15 is 0 Å². The van der Waals surface area contributed by atoms with Crippen molar-refractivity contribution in [1.29, 1.82) is 0 Å². The summed E-state index contributed by atoms with van der Waals surface area (Å²) in [5, 5.41) is 3.23. The van der Waals surface area contributed by atoms with Crippen LogP contribution in [0, 0.1) is 0 Å². The highest BCUT2D eigenvalue weighted by Gasteiger charge is 2.23. The lowest BCUT2D eigenvalue weighted by Crippen LogP contribution is -2.36. The molecule has 0 aliphatic heterocycles. The molecule has 1 aliphatic carbocycles. The molecule has 0 atom stereocenters. The van der Waals surface area contributed by atoms with Crippen molar-refractivity contribution in [3.63, 3.8) is 0 Å². The fraction of sp³-hybridized carbons (Fsp3) is 0.600. The Morgan fingerprint density at radius 3 is 2.57 bits per heavy atom. The molecule has 0 spiro atoms. The topological polar surface area (TPSA) is 58.2 Å². The number of hydrogen-bond donors (Lipinski definition) is 2. The second-order valence-electron chi connectivity index (χ2n) is 5.50.